The number of pyridine rings is 1. The van der Waals surface area contributed by atoms with E-state index in [0.29, 0.717) is 0 Å². The van der Waals surface area contributed by atoms with Crippen LogP contribution in [0.15, 0.2) is 30.3 Å². The molecule has 0 aliphatic carbocycles. The van der Waals surface area contributed by atoms with Crippen LogP contribution in [0.3, 0.4) is 0 Å². The minimum Gasteiger partial charge on any atom is -0.399 e. The van der Waals surface area contributed by atoms with Crippen LogP contribution in [0.25, 0.3) is 10.9 Å². The molecule has 0 fully saturated rings. The van der Waals surface area contributed by atoms with Gasteiger partial charge in [-0.3, -0.25) is 0 Å². The summed E-state index contributed by atoms with van der Waals surface area (Å²) in [4.78, 5) is 4.61. The zero-order valence-corrected chi connectivity index (χ0v) is 13.2. The number of nitrogens with two attached hydrogens (primary N) is 1. The van der Waals surface area contributed by atoms with Crippen molar-refractivity contribution in [3.63, 3.8) is 0 Å². The Hall–Kier alpha value is -1.77. The third kappa shape index (κ3) is 5.25. The largest absolute Gasteiger partial charge is 0.399 e. The number of aromatic nitrogens is 1. The van der Waals surface area contributed by atoms with E-state index < -0.39 is 0 Å². The first kappa shape index (κ1) is 15.6. The van der Waals surface area contributed by atoms with Crippen LogP contribution in [0.5, 0.6) is 0 Å². The van der Waals surface area contributed by atoms with Gasteiger partial charge in [0.1, 0.15) is 5.82 Å². The Balaban J connectivity index is 1.72. The van der Waals surface area contributed by atoms with Crippen molar-refractivity contribution in [2.75, 3.05) is 17.6 Å². The minimum atomic E-state index is 0.784. The Labute approximate surface area is 128 Å². The van der Waals surface area contributed by atoms with E-state index in [0.717, 1.165) is 34.9 Å². The third-order valence-electron chi connectivity index (χ3n) is 3.73. The van der Waals surface area contributed by atoms with Gasteiger partial charge in [0, 0.05) is 17.6 Å². The van der Waals surface area contributed by atoms with Gasteiger partial charge in [0.25, 0.3) is 0 Å². The average Bonchev–Trinajstić information content (AvgIpc) is 2.46. The molecule has 1 aromatic carbocycles. The van der Waals surface area contributed by atoms with Gasteiger partial charge >= 0.3 is 0 Å². The summed E-state index contributed by atoms with van der Waals surface area (Å²) in [5.74, 6) is 1.79. The molecule has 0 atom stereocenters. The van der Waals surface area contributed by atoms with Crippen molar-refractivity contribution in [3.05, 3.63) is 30.3 Å². The van der Waals surface area contributed by atoms with Gasteiger partial charge in [-0.2, -0.15) is 0 Å². The molecule has 21 heavy (non-hydrogen) atoms. The number of unbranched alkanes of at least 4 members (excludes halogenated alkanes) is 3. The van der Waals surface area contributed by atoms with Crippen molar-refractivity contribution in [1.82, 2.24) is 4.98 Å². The van der Waals surface area contributed by atoms with Crippen LogP contribution in [0.4, 0.5) is 11.5 Å². The molecule has 0 saturated carbocycles. The highest BCUT2D eigenvalue weighted by atomic mass is 15.0. The summed E-state index contributed by atoms with van der Waals surface area (Å²) in [5, 5.41) is 4.50. The zero-order valence-electron chi connectivity index (χ0n) is 13.2. The summed E-state index contributed by atoms with van der Waals surface area (Å²) in [6, 6.07) is 9.93. The summed E-state index contributed by atoms with van der Waals surface area (Å²) in [6.07, 6.45) is 6.55. The normalized spacial score (nSPS) is 11.2. The predicted molar refractivity (Wildman–Crippen MR) is 92.6 cm³/mol. The van der Waals surface area contributed by atoms with Crippen LogP contribution in [-0.2, 0) is 0 Å². The predicted octanol–water partition coefficient (Wildman–Crippen LogP) is 4.84. The first-order chi connectivity index (χ1) is 10.1. The van der Waals surface area contributed by atoms with Crippen molar-refractivity contribution in [2.24, 2.45) is 5.92 Å². The molecule has 3 N–H and O–H groups in total. The van der Waals surface area contributed by atoms with Crippen LogP contribution >= 0.6 is 0 Å². The summed E-state index contributed by atoms with van der Waals surface area (Å²) in [6.45, 7) is 5.58. The van der Waals surface area contributed by atoms with Gasteiger partial charge in [-0.15, -0.1) is 0 Å². The molecule has 0 aliphatic heterocycles. The van der Waals surface area contributed by atoms with Gasteiger partial charge in [-0.1, -0.05) is 39.5 Å². The van der Waals surface area contributed by atoms with E-state index in [1.807, 2.05) is 24.3 Å². The molecule has 1 aromatic heterocycles. The van der Waals surface area contributed by atoms with Crippen LogP contribution in [0.2, 0.25) is 0 Å². The highest BCUT2D eigenvalue weighted by Crippen LogP contribution is 2.18. The number of hydrogen-bond acceptors (Lipinski definition) is 3. The second kappa shape index (κ2) is 7.87. The van der Waals surface area contributed by atoms with Crippen LogP contribution in [0, 0.1) is 5.92 Å². The summed E-state index contributed by atoms with van der Waals surface area (Å²) in [7, 11) is 0. The lowest BCUT2D eigenvalue weighted by Crippen LogP contribution is -2.03. The molecule has 0 unspecified atom stereocenters. The zero-order chi connectivity index (χ0) is 15.1. The van der Waals surface area contributed by atoms with E-state index in [4.69, 9.17) is 5.73 Å². The Morgan fingerprint density at radius 1 is 1.05 bits per heavy atom. The lowest BCUT2D eigenvalue weighted by atomic mass is 10.0. The van der Waals surface area contributed by atoms with Crippen molar-refractivity contribution in [1.29, 1.82) is 0 Å². The fourth-order valence-electron chi connectivity index (χ4n) is 2.49. The fourth-order valence-corrected chi connectivity index (χ4v) is 2.49. The lowest BCUT2D eigenvalue weighted by Gasteiger charge is -2.07. The first-order valence-corrected chi connectivity index (χ1v) is 8.05. The monoisotopic (exact) mass is 285 g/mol. The molecule has 1 heterocycles. The van der Waals surface area contributed by atoms with Crippen LogP contribution < -0.4 is 11.1 Å². The molecular formula is C18H27N3. The van der Waals surface area contributed by atoms with Crippen LogP contribution in [-0.4, -0.2) is 11.5 Å². The number of nitrogen functional groups attached to an aromatic ring is 1. The molecule has 0 radical (unpaired) electrons. The molecule has 2 rings (SSSR count). The topological polar surface area (TPSA) is 50.9 Å². The smallest absolute Gasteiger partial charge is 0.126 e. The molecule has 0 saturated heterocycles. The van der Waals surface area contributed by atoms with E-state index in [-0.39, 0.29) is 0 Å². The maximum Gasteiger partial charge on any atom is 0.126 e. The number of nitrogens with one attached hydrogen (secondary N) is 1. The first-order valence-electron chi connectivity index (χ1n) is 8.05. The summed E-state index contributed by atoms with van der Waals surface area (Å²) in [5.41, 5.74) is 7.55. The van der Waals surface area contributed by atoms with Crippen molar-refractivity contribution in [2.45, 2.75) is 46.0 Å². The van der Waals surface area contributed by atoms with Gasteiger partial charge in [-0.25, -0.2) is 4.98 Å². The maximum absolute atomic E-state index is 5.78. The third-order valence-corrected chi connectivity index (χ3v) is 3.73. The molecule has 0 bridgehead atoms. The Morgan fingerprint density at radius 2 is 1.86 bits per heavy atom. The highest BCUT2D eigenvalue weighted by molar-refractivity contribution is 5.83. The standard InChI is InChI=1S/C18H27N3/c1-14(2)7-5-3-4-6-12-20-18-11-8-15-13-16(19)9-10-17(15)21-18/h8-11,13-14H,3-7,12,19H2,1-2H3,(H,20,21). The van der Waals surface area contributed by atoms with Gasteiger partial charge in [0.2, 0.25) is 0 Å². The van der Waals surface area contributed by atoms with Gasteiger partial charge in [0.05, 0.1) is 5.52 Å². The van der Waals surface area contributed by atoms with E-state index in [2.05, 4.69) is 30.2 Å². The lowest BCUT2D eigenvalue weighted by molar-refractivity contribution is 0.523. The Morgan fingerprint density at radius 3 is 2.67 bits per heavy atom. The van der Waals surface area contributed by atoms with Crippen LogP contribution in [0.1, 0.15) is 46.0 Å². The quantitative estimate of drug-likeness (QED) is 0.539. The molecule has 3 heteroatoms. The molecule has 0 amide bonds. The van der Waals surface area contributed by atoms with E-state index in [1.54, 1.807) is 0 Å². The van der Waals surface area contributed by atoms with E-state index in [9.17, 15) is 0 Å². The van der Waals surface area contributed by atoms with E-state index >= 15 is 0 Å². The SMILES string of the molecule is CC(C)CCCCCCNc1ccc2cc(N)ccc2n1. The molecule has 0 aliphatic rings. The molecular weight excluding hydrogens is 258 g/mol. The Kier molecular flexibility index (Phi) is 5.85. The van der Waals surface area contributed by atoms with Crippen molar-refractivity contribution < 1.29 is 0 Å². The number of benzene rings is 1. The number of hydrogen-bond donors (Lipinski definition) is 2. The van der Waals surface area contributed by atoms with Gasteiger partial charge in [-0.05, 0) is 42.7 Å². The summed E-state index contributed by atoms with van der Waals surface area (Å²) >= 11 is 0. The summed E-state index contributed by atoms with van der Waals surface area (Å²) < 4.78 is 0. The number of fused-ring (bicyclic) bond motifs is 1. The molecule has 114 valence electrons. The molecule has 0 spiro atoms. The van der Waals surface area contributed by atoms with Crippen molar-refractivity contribution in [3.8, 4) is 0 Å². The fraction of sp³-hybridized carbons (Fsp3) is 0.500. The molecule has 3 nitrogen and oxygen atoms in total. The van der Waals surface area contributed by atoms with Gasteiger partial charge < -0.3 is 11.1 Å². The van der Waals surface area contributed by atoms with Crippen molar-refractivity contribution >= 4 is 22.4 Å². The molecule has 2 aromatic rings. The average molecular weight is 285 g/mol. The maximum atomic E-state index is 5.78. The second-order valence-electron chi connectivity index (χ2n) is 6.17. The Bertz CT molecular complexity index is 563. The number of anilines is 2. The number of nitrogens with zero attached hydrogens (tertiary/aromatic N) is 1. The minimum absolute atomic E-state index is 0.784. The second-order valence-corrected chi connectivity index (χ2v) is 6.17. The van der Waals surface area contributed by atoms with Gasteiger partial charge in [0.15, 0.2) is 0 Å². The highest BCUT2D eigenvalue weighted by Gasteiger charge is 1.99. The number of rotatable bonds is 8. The van der Waals surface area contributed by atoms with E-state index in [1.165, 1.54) is 32.1 Å².